The van der Waals surface area contributed by atoms with E-state index >= 15 is 0 Å². The number of methoxy groups -OCH3 is 1. The summed E-state index contributed by atoms with van der Waals surface area (Å²) < 4.78 is 10.2. The average molecular weight is 324 g/mol. The van der Waals surface area contributed by atoms with Crippen molar-refractivity contribution in [3.05, 3.63) is 33.9 Å². The number of carbonyl (C=O) groups is 2. The fraction of sp³-hybridized carbons (Fsp3) is 0.429. The smallest absolute Gasteiger partial charge is 0.334 e. The number of carbonyl (C=O) groups excluding carboxylic acids is 1. The van der Waals surface area contributed by atoms with Crippen molar-refractivity contribution in [1.29, 1.82) is 0 Å². The minimum absolute atomic E-state index is 0.0306. The van der Waals surface area contributed by atoms with Crippen LogP contribution in [0.25, 0.3) is 0 Å². The van der Waals surface area contributed by atoms with Crippen LogP contribution in [0.3, 0.4) is 0 Å². The number of morpholine rings is 1. The second-order valence-electron chi connectivity index (χ2n) is 5.13. The first kappa shape index (κ1) is 16.7. The highest BCUT2D eigenvalue weighted by Crippen LogP contribution is 2.28. The molecule has 1 N–H and O–H groups in total. The van der Waals surface area contributed by atoms with Crippen molar-refractivity contribution in [3.63, 3.8) is 0 Å². The van der Waals surface area contributed by atoms with Crippen LogP contribution >= 0.6 is 0 Å². The number of benzene rings is 1. The Bertz CT molecular complexity index is 646. The molecule has 9 nitrogen and oxygen atoms in total. The first-order chi connectivity index (χ1) is 10.8. The molecule has 1 aromatic rings. The first-order valence-electron chi connectivity index (χ1n) is 6.83. The van der Waals surface area contributed by atoms with Gasteiger partial charge >= 0.3 is 11.7 Å². The Kier molecular flexibility index (Phi) is 4.80. The third-order valence-electron chi connectivity index (χ3n) is 3.45. The number of hydrogen-bond acceptors (Lipinski definition) is 6. The van der Waals surface area contributed by atoms with Gasteiger partial charge in [0.2, 0.25) is 0 Å². The number of hydrogen-bond donors (Lipinski definition) is 1. The van der Waals surface area contributed by atoms with Crippen molar-refractivity contribution in [1.82, 2.24) is 4.90 Å². The molecule has 124 valence electrons. The quantitative estimate of drug-likeness (QED) is 0.646. The van der Waals surface area contributed by atoms with E-state index < -0.39 is 29.0 Å². The van der Waals surface area contributed by atoms with Crippen LogP contribution in [-0.4, -0.2) is 59.2 Å². The summed E-state index contributed by atoms with van der Waals surface area (Å²) in [7, 11) is 1.27. The number of nitro benzene ring substituents is 1. The van der Waals surface area contributed by atoms with E-state index in [4.69, 9.17) is 14.6 Å². The van der Waals surface area contributed by atoms with Crippen molar-refractivity contribution in [2.24, 2.45) is 0 Å². The van der Waals surface area contributed by atoms with Gasteiger partial charge in [-0.15, -0.1) is 0 Å². The third kappa shape index (κ3) is 3.57. The van der Waals surface area contributed by atoms with Gasteiger partial charge in [0.05, 0.1) is 24.7 Å². The molecule has 1 aliphatic heterocycles. The van der Waals surface area contributed by atoms with E-state index in [1.807, 2.05) is 0 Å². The number of aliphatic carboxylic acids is 1. The number of nitro groups is 1. The largest absolute Gasteiger partial charge is 0.490 e. The van der Waals surface area contributed by atoms with Crippen LogP contribution in [0.5, 0.6) is 5.75 Å². The van der Waals surface area contributed by atoms with Crippen molar-refractivity contribution in [3.8, 4) is 5.75 Å². The number of rotatable bonds is 4. The summed E-state index contributed by atoms with van der Waals surface area (Å²) in [5.41, 5.74) is -0.0616. The number of carboxylic acids is 1. The lowest BCUT2D eigenvalue weighted by atomic mass is 10.1. The number of carboxylic acid groups (broad SMARTS) is 1. The van der Waals surface area contributed by atoms with Crippen molar-refractivity contribution >= 4 is 17.6 Å². The monoisotopic (exact) mass is 324 g/mol. The van der Waals surface area contributed by atoms with Crippen LogP contribution in [0.2, 0.25) is 0 Å². The highest BCUT2D eigenvalue weighted by molar-refractivity contribution is 5.95. The average Bonchev–Trinajstić information content (AvgIpc) is 2.52. The zero-order valence-electron chi connectivity index (χ0n) is 12.6. The summed E-state index contributed by atoms with van der Waals surface area (Å²) in [6.07, 6.45) is -1.52. The van der Waals surface area contributed by atoms with Gasteiger partial charge in [0.15, 0.2) is 11.9 Å². The molecule has 0 spiro atoms. The van der Waals surface area contributed by atoms with Crippen LogP contribution in [0.4, 0.5) is 5.69 Å². The maximum Gasteiger partial charge on any atom is 0.334 e. The van der Waals surface area contributed by atoms with E-state index in [0.29, 0.717) is 0 Å². The number of amides is 1. The Labute approximate surface area is 131 Å². The normalized spacial score (nSPS) is 20.9. The minimum atomic E-state index is -1.14. The van der Waals surface area contributed by atoms with Crippen molar-refractivity contribution in [2.45, 2.75) is 19.1 Å². The molecular weight excluding hydrogens is 308 g/mol. The summed E-state index contributed by atoms with van der Waals surface area (Å²) in [5.74, 6) is -1.60. The summed E-state index contributed by atoms with van der Waals surface area (Å²) in [5, 5.41) is 19.9. The van der Waals surface area contributed by atoms with Gasteiger partial charge in [-0.05, 0) is 13.0 Å². The summed E-state index contributed by atoms with van der Waals surface area (Å²) >= 11 is 0. The molecule has 1 unspecified atom stereocenters. The maximum absolute atomic E-state index is 12.5. The summed E-state index contributed by atoms with van der Waals surface area (Å²) in [4.78, 5) is 35.2. The molecule has 1 amide bonds. The number of ether oxygens (including phenoxy) is 2. The Morgan fingerprint density at radius 2 is 2.13 bits per heavy atom. The van der Waals surface area contributed by atoms with Gasteiger partial charge in [-0.3, -0.25) is 14.9 Å². The molecule has 0 aliphatic carbocycles. The summed E-state index contributed by atoms with van der Waals surface area (Å²) in [6.45, 7) is 1.82. The molecule has 1 fully saturated rings. The minimum Gasteiger partial charge on any atom is -0.490 e. The van der Waals surface area contributed by atoms with Gasteiger partial charge in [0, 0.05) is 24.2 Å². The van der Waals surface area contributed by atoms with E-state index in [0.717, 1.165) is 0 Å². The molecule has 1 aromatic carbocycles. The maximum atomic E-state index is 12.5. The van der Waals surface area contributed by atoms with E-state index in [1.165, 1.54) is 30.2 Å². The van der Waals surface area contributed by atoms with E-state index in [-0.39, 0.29) is 30.1 Å². The lowest BCUT2D eigenvalue weighted by molar-refractivity contribution is -0.385. The highest BCUT2D eigenvalue weighted by atomic mass is 16.6. The van der Waals surface area contributed by atoms with Gasteiger partial charge in [0.1, 0.15) is 0 Å². The molecule has 2 rings (SSSR count). The zero-order valence-corrected chi connectivity index (χ0v) is 12.6. The molecule has 1 aliphatic rings. The lowest BCUT2D eigenvalue weighted by Gasteiger charge is -2.35. The fourth-order valence-electron chi connectivity index (χ4n) is 2.40. The standard InChI is InChI=1S/C14H16N2O7/c1-8-6-15(7-12(23-8)14(18)19)13(17)9-3-4-10(16(20)21)11(5-9)22-2/h3-5,8,12H,6-7H2,1-2H3,(H,18,19)/t8-,12?/m1/s1. The Morgan fingerprint density at radius 1 is 1.43 bits per heavy atom. The van der Waals surface area contributed by atoms with Crippen LogP contribution in [0.1, 0.15) is 17.3 Å². The third-order valence-corrected chi connectivity index (χ3v) is 3.45. The lowest BCUT2D eigenvalue weighted by Crippen LogP contribution is -2.51. The molecule has 1 saturated heterocycles. The van der Waals surface area contributed by atoms with Gasteiger partial charge in [-0.25, -0.2) is 4.79 Å². The van der Waals surface area contributed by atoms with E-state index in [9.17, 15) is 19.7 Å². The van der Waals surface area contributed by atoms with Crippen LogP contribution in [0, 0.1) is 10.1 Å². The molecule has 23 heavy (non-hydrogen) atoms. The van der Waals surface area contributed by atoms with Crippen LogP contribution in [0.15, 0.2) is 18.2 Å². The predicted molar refractivity (Wildman–Crippen MR) is 77.5 cm³/mol. The molecule has 9 heteroatoms. The highest BCUT2D eigenvalue weighted by Gasteiger charge is 2.33. The van der Waals surface area contributed by atoms with Gasteiger partial charge in [-0.1, -0.05) is 0 Å². The SMILES string of the molecule is COc1cc(C(=O)N2CC(C(=O)O)O[C@H](C)C2)ccc1[N+](=O)[O-]. The van der Waals surface area contributed by atoms with Crippen LogP contribution < -0.4 is 4.74 Å². The molecule has 0 radical (unpaired) electrons. The second kappa shape index (κ2) is 6.61. The molecular formula is C14H16N2O7. The van der Waals surface area contributed by atoms with Crippen molar-refractivity contribution in [2.75, 3.05) is 20.2 Å². The van der Waals surface area contributed by atoms with E-state index in [1.54, 1.807) is 6.92 Å². The Balaban J connectivity index is 2.26. The van der Waals surface area contributed by atoms with Crippen LogP contribution in [-0.2, 0) is 9.53 Å². The Morgan fingerprint density at radius 3 is 2.70 bits per heavy atom. The topological polar surface area (TPSA) is 119 Å². The van der Waals surface area contributed by atoms with E-state index in [2.05, 4.69) is 0 Å². The number of nitrogens with zero attached hydrogens (tertiary/aromatic N) is 2. The molecule has 0 saturated carbocycles. The zero-order chi connectivity index (χ0) is 17.1. The molecule has 1 heterocycles. The Hall–Kier alpha value is -2.68. The summed E-state index contributed by atoms with van der Waals surface area (Å²) in [6, 6.07) is 3.78. The molecule has 2 atom stereocenters. The van der Waals surface area contributed by atoms with Gasteiger partial charge in [0.25, 0.3) is 5.91 Å². The molecule has 0 aromatic heterocycles. The van der Waals surface area contributed by atoms with Gasteiger partial charge in [-0.2, -0.15) is 0 Å². The first-order valence-corrected chi connectivity index (χ1v) is 6.83. The fourth-order valence-corrected chi connectivity index (χ4v) is 2.40. The van der Waals surface area contributed by atoms with Gasteiger partial charge < -0.3 is 19.5 Å². The second-order valence-corrected chi connectivity index (χ2v) is 5.13. The van der Waals surface area contributed by atoms with Crippen molar-refractivity contribution < 1.29 is 29.1 Å². The molecule has 0 bridgehead atoms. The predicted octanol–water partition coefficient (Wildman–Crippen LogP) is 0.918.